The van der Waals surface area contributed by atoms with E-state index in [1.54, 1.807) is 18.2 Å². The third kappa shape index (κ3) is 3.22. The lowest BCUT2D eigenvalue weighted by Crippen LogP contribution is -2.16. The van der Waals surface area contributed by atoms with Crippen LogP contribution in [-0.2, 0) is 4.74 Å². The van der Waals surface area contributed by atoms with Crippen molar-refractivity contribution in [1.82, 2.24) is 0 Å². The Kier molecular flexibility index (Phi) is 4.02. The molecule has 2 rings (SSSR count). The van der Waals surface area contributed by atoms with E-state index < -0.39 is 5.97 Å². The van der Waals surface area contributed by atoms with Crippen molar-refractivity contribution < 1.29 is 14.6 Å². The second-order valence-corrected chi connectivity index (χ2v) is 4.62. The highest BCUT2D eigenvalue weighted by Gasteiger charge is 2.17. The molecule has 1 aromatic rings. The number of hydrogen-bond acceptors (Lipinski definition) is 3. The average molecular weight is 234 g/mol. The van der Waals surface area contributed by atoms with Crippen LogP contribution < -0.4 is 0 Å². The van der Waals surface area contributed by atoms with Gasteiger partial charge in [0.1, 0.15) is 11.3 Å². The zero-order valence-electron chi connectivity index (χ0n) is 9.89. The molecule has 92 valence electrons. The van der Waals surface area contributed by atoms with Gasteiger partial charge in [-0.3, -0.25) is 0 Å². The van der Waals surface area contributed by atoms with E-state index in [0.29, 0.717) is 12.5 Å². The number of aromatic hydroxyl groups is 1. The maximum Gasteiger partial charge on any atom is 0.341 e. The zero-order chi connectivity index (χ0) is 12.1. The third-order valence-corrected chi connectivity index (χ3v) is 3.30. The highest BCUT2D eigenvalue weighted by molar-refractivity contribution is 5.92. The lowest BCUT2D eigenvalue weighted by atomic mass is 9.90. The fraction of sp³-hybridized carbons (Fsp3) is 0.500. The van der Waals surface area contributed by atoms with Gasteiger partial charge in [-0.1, -0.05) is 31.4 Å². The van der Waals surface area contributed by atoms with Crippen molar-refractivity contribution in [2.45, 2.75) is 32.1 Å². The molecule has 1 aromatic carbocycles. The van der Waals surface area contributed by atoms with Gasteiger partial charge in [0.15, 0.2) is 0 Å². The van der Waals surface area contributed by atoms with Crippen LogP contribution in [0.15, 0.2) is 24.3 Å². The molecule has 0 unspecified atom stereocenters. The molecular weight excluding hydrogens is 216 g/mol. The first-order chi connectivity index (χ1) is 8.27. The summed E-state index contributed by atoms with van der Waals surface area (Å²) in [6, 6.07) is 6.49. The van der Waals surface area contributed by atoms with E-state index >= 15 is 0 Å². The van der Waals surface area contributed by atoms with Gasteiger partial charge in [-0.2, -0.15) is 0 Å². The first kappa shape index (κ1) is 12.0. The first-order valence-electron chi connectivity index (χ1n) is 6.22. The van der Waals surface area contributed by atoms with Crippen molar-refractivity contribution in [3.05, 3.63) is 29.8 Å². The van der Waals surface area contributed by atoms with Gasteiger partial charge >= 0.3 is 5.97 Å². The van der Waals surface area contributed by atoms with E-state index in [1.165, 1.54) is 25.3 Å². The van der Waals surface area contributed by atoms with E-state index in [1.807, 2.05) is 0 Å². The molecule has 0 atom stereocenters. The fourth-order valence-electron chi connectivity index (χ4n) is 2.27. The van der Waals surface area contributed by atoms with Crippen molar-refractivity contribution in [3.63, 3.8) is 0 Å². The van der Waals surface area contributed by atoms with Crippen molar-refractivity contribution in [2.75, 3.05) is 6.61 Å². The molecule has 0 radical (unpaired) electrons. The minimum absolute atomic E-state index is 0.0128. The summed E-state index contributed by atoms with van der Waals surface area (Å²) in [7, 11) is 0. The van der Waals surface area contributed by atoms with Gasteiger partial charge in [0, 0.05) is 0 Å². The number of ether oxygens (including phenoxy) is 1. The van der Waals surface area contributed by atoms with Crippen LogP contribution in [0.1, 0.15) is 42.5 Å². The minimum Gasteiger partial charge on any atom is -0.507 e. The van der Waals surface area contributed by atoms with Crippen molar-refractivity contribution in [2.24, 2.45) is 5.92 Å². The Morgan fingerprint density at radius 2 is 1.94 bits per heavy atom. The smallest absolute Gasteiger partial charge is 0.341 e. The number of esters is 1. The molecular formula is C14H18O3. The number of benzene rings is 1. The molecule has 1 N–H and O–H groups in total. The van der Waals surface area contributed by atoms with Crippen molar-refractivity contribution in [1.29, 1.82) is 0 Å². The summed E-state index contributed by atoms with van der Waals surface area (Å²) in [6.07, 6.45) is 6.06. The van der Waals surface area contributed by atoms with E-state index in [0.717, 1.165) is 12.8 Å². The molecule has 0 heterocycles. The molecule has 1 fully saturated rings. The molecule has 0 saturated heterocycles. The summed E-state index contributed by atoms with van der Waals surface area (Å²) in [5, 5.41) is 9.52. The van der Waals surface area contributed by atoms with E-state index in [-0.39, 0.29) is 11.3 Å². The van der Waals surface area contributed by atoms with Gasteiger partial charge in [0.25, 0.3) is 0 Å². The fourth-order valence-corrected chi connectivity index (χ4v) is 2.27. The summed E-state index contributed by atoms with van der Waals surface area (Å²) in [6.45, 7) is 0.479. The maximum atomic E-state index is 11.7. The molecule has 17 heavy (non-hydrogen) atoms. The number of rotatable bonds is 3. The van der Waals surface area contributed by atoms with Gasteiger partial charge in [-0.05, 0) is 30.9 Å². The van der Waals surface area contributed by atoms with Crippen LogP contribution in [0.2, 0.25) is 0 Å². The normalized spacial score (nSPS) is 16.7. The minimum atomic E-state index is -0.423. The Bertz CT molecular complexity index is 381. The second-order valence-electron chi connectivity index (χ2n) is 4.62. The summed E-state index contributed by atoms with van der Waals surface area (Å²) in [4.78, 5) is 11.7. The lowest BCUT2D eigenvalue weighted by Gasteiger charge is -2.21. The molecule has 1 aliphatic rings. The Morgan fingerprint density at radius 1 is 1.24 bits per heavy atom. The van der Waals surface area contributed by atoms with Gasteiger partial charge in [-0.15, -0.1) is 0 Å². The number of hydrogen-bond donors (Lipinski definition) is 1. The Labute approximate surface area is 101 Å². The third-order valence-electron chi connectivity index (χ3n) is 3.30. The number of carbonyl (C=O) groups is 1. The lowest BCUT2D eigenvalue weighted by molar-refractivity contribution is 0.0407. The molecule has 1 aliphatic carbocycles. The van der Waals surface area contributed by atoms with Gasteiger partial charge < -0.3 is 9.84 Å². The summed E-state index contributed by atoms with van der Waals surface area (Å²) < 4.78 is 5.25. The average Bonchev–Trinajstić information content (AvgIpc) is 2.38. The second kappa shape index (κ2) is 5.71. The molecule has 0 spiro atoms. The Balaban J connectivity index is 1.87. The van der Waals surface area contributed by atoms with Crippen LogP contribution in [0.5, 0.6) is 5.75 Å². The van der Waals surface area contributed by atoms with Crippen LogP contribution in [0.4, 0.5) is 0 Å². The highest BCUT2D eigenvalue weighted by atomic mass is 16.5. The molecule has 0 amide bonds. The molecule has 0 aromatic heterocycles. The molecule has 3 heteroatoms. The number of carbonyl (C=O) groups excluding carboxylic acids is 1. The van der Waals surface area contributed by atoms with Crippen molar-refractivity contribution >= 4 is 5.97 Å². The van der Waals surface area contributed by atoms with Crippen LogP contribution in [-0.4, -0.2) is 17.7 Å². The number of para-hydroxylation sites is 1. The van der Waals surface area contributed by atoms with E-state index in [4.69, 9.17) is 4.74 Å². The summed E-state index contributed by atoms with van der Waals surface area (Å²) in [5.41, 5.74) is 0.253. The highest BCUT2D eigenvalue weighted by Crippen LogP contribution is 2.24. The van der Waals surface area contributed by atoms with E-state index in [9.17, 15) is 9.90 Å². The summed E-state index contributed by atoms with van der Waals surface area (Å²) in [5.74, 6) is 0.0633. The van der Waals surface area contributed by atoms with Crippen LogP contribution >= 0.6 is 0 Å². The summed E-state index contributed by atoms with van der Waals surface area (Å²) >= 11 is 0. The van der Waals surface area contributed by atoms with Gasteiger partial charge in [0.2, 0.25) is 0 Å². The van der Waals surface area contributed by atoms with Crippen molar-refractivity contribution in [3.8, 4) is 5.75 Å². The monoisotopic (exact) mass is 234 g/mol. The Hall–Kier alpha value is -1.51. The Morgan fingerprint density at radius 3 is 2.65 bits per heavy atom. The topological polar surface area (TPSA) is 46.5 Å². The van der Waals surface area contributed by atoms with Gasteiger partial charge in [0.05, 0.1) is 6.61 Å². The predicted molar refractivity (Wildman–Crippen MR) is 65.0 cm³/mol. The van der Waals surface area contributed by atoms with Crippen LogP contribution in [0.3, 0.4) is 0 Å². The molecule has 1 saturated carbocycles. The zero-order valence-corrected chi connectivity index (χ0v) is 9.89. The standard InChI is InChI=1S/C14H18O3/c15-13-9-5-4-8-12(13)14(16)17-10-11-6-2-1-3-7-11/h4-5,8-9,11,15H,1-3,6-7,10H2. The van der Waals surface area contributed by atoms with E-state index in [2.05, 4.69) is 0 Å². The maximum absolute atomic E-state index is 11.7. The number of phenolic OH excluding ortho intramolecular Hbond substituents is 1. The van der Waals surface area contributed by atoms with Crippen LogP contribution in [0, 0.1) is 5.92 Å². The predicted octanol–water partition coefficient (Wildman–Crippen LogP) is 3.13. The molecule has 0 bridgehead atoms. The molecule has 0 aliphatic heterocycles. The van der Waals surface area contributed by atoms with Gasteiger partial charge in [-0.25, -0.2) is 4.79 Å². The largest absolute Gasteiger partial charge is 0.507 e. The first-order valence-corrected chi connectivity index (χ1v) is 6.22. The molecule has 3 nitrogen and oxygen atoms in total. The number of phenols is 1. The van der Waals surface area contributed by atoms with Crippen LogP contribution in [0.25, 0.3) is 0 Å². The quantitative estimate of drug-likeness (QED) is 0.817. The SMILES string of the molecule is O=C(OCC1CCCCC1)c1ccccc1O.